The number of carbonyl (C=O) groups excluding carboxylic acids is 1. The van der Waals surface area contributed by atoms with Crippen LogP contribution in [0.25, 0.3) is 0 Å². The number of nitrogens with zero attached hydrogens (tertiary/aromatic N) is 1. The average molecular weight is 252 g/mol. The van der Waals surface area contributed by atoms with Crippen LogP contribution < -0.4 is 5.32 Å². The maximum Gasteiger partial charge on any atom is 0.240 e. The van der Waals surface area contributed by atoms with Gasteiger partial charge in [0.1, 0.15) is 0 Å². The van der Waals surface area contributed by atoms with Crippen LogP contribution >= 0.6 is 0 Å². The second-order valence-corrected chi connectivity index (χ2v) is 6.22. The SMILES string of the molecule is CC1CN(C(=O)C2NCC3CCCC32)C(C)CO1. The normalized spacial score (nSPS) is 44.1. The highest BCUT2D eigenvalue weighted by atomic mass is 16.5. The first-order valence-corrected chi connectivity index (χ1v) is 7.32. The number of fused-ring (bicyclic) bond motifs is 1. The van der Waals surface area contributed by atoms with Crippen molar-refractivity contribution in [2.45, 2.75) is 51.3 Å². The molecule has 3 aliphatic rings. The van der Waals surface area contributed by atoms with Crippen molar-refractivity contribution < 1.29 is 9.53 Å². The lowest BCUT2D eigenvalue weighted by Gasteiger charge is -2.39. The Hall–Kier alpha value is -0.610. The monoisotopic (exact) mass is 252 g/mol. The van der Waals surface area contributed by atoms with Crippen LogP contribution in [0.1, 0.15) is 33.1 Å². The summed E-state index contributed by atoms with van der Waals surface area (Å²) in [7, 11) is 0. The maximum absolute atomic E-state index is 12.7. The van der Waals surface area contributed by atoms with Crippen LogP contribution in [0.3, 0.4) is 0 Å². The number of carbonyl (C=O) groups is 1. The van der Waals surface area contributed by atoms with E-state index in [2.05, 4.69) is 12.2 Å². The van der Waals surface area contributed by atoms with Crippen LogP contribution in [-0.2, 0) is 9.53 Å². The Bertz CT molecular complexity index is 330. The molecule has 0 spiro atoms. The van der Waals surface area contributed by atoms with Crippen molar-refractivity contribution in [3.8, 4) is 0 Å². The fraction of sp³-hybridized carbons (Fsp3) is 0.929. The van der Waals surface area contributed by atoms with E-state index in [1.165, 1.54) is 19.3 Å². The predicted molar refractivity (Wildman–Crippen MR) is 69.2 cm³/mol. The number of hydrogen-bond acceptors (Lipinski definition) is 3. The molecule has 5 atom stereocenters. The third-order valence-electron chi connectivity index (χ3n) is 4.90. The lowest BCUT2D eigenvalue weighted by molar-refractivity contribution is -0.146. The summed E-state index contributed by atoms with van der Waals surface area (Å²) in [5.74, 6) is 1.64. The van der Waals surface area contributed by atoms with Gasteiger partial charge in [-0.3, -0.25) is 4.79 Å². The Morgan fingerprint density at radius 2 is 2.17 bits per heavy atom. The highest BCUT2D eigenvalue weighted by Gasteiger charge is 2.45. The predicted octanol–water partition coefficient (Wildman–Crippen LogP) is 1.01. The highest BCUT2D eigenvalue weighted by Crippen LogP contribution is 2.38. The van der Waals surface area contributed by atoms with Crippen LogP contribution in [0.4, 0.5) is 0 Å². The second-order valence-electron chi connectivity index (χ2n) is 6.22. The summed E-state index contributed by atoms with van der Waals surface area (Å²) in [6.45, 7) is 6.59. The standard InChI is InChI=1S/C14H24N2O2/c1-9-8-18-10(2)7-16(9)14(17)13-12-5-3-4-11(12)6-15-13/h9-13,15H,3-8H2,1-2H3. The first-order chi connectivity index (χ1) is 8.66. The molecule has 1 aliphatic carbocycles. The van der Waals surface area contributed by atoms with Crippen molar-refractivity contribution in [1.82, 2.24) is 10.2 Å². The zero-order chi connectivity index (χ0) is 12.7. The van der Waals surface area contributed by atoms with Gasteiger partial charge < -0.3 is 15.0 Å². The van der Waals surface area contributed by atoms with Gasteiger partial charge >= 0.3 is 0 Å². The molecular weight excluding hydrogens is 228 g/mol. The Morgan fingerprint density at radius 3 is 3.00 bits per heavy atom. The molecule has 0 bridgehead atoms. The maximum atomic E-state index is 12.7. The molecule has 1 saturated carbocycles. The molecule has 2 aliphatic heterocycles. The molecule has 3 rings (SSSR count). The van der Waals surface area contributed by atoms with E-state index in [4.69, 9.17) is 4.74 Å². The first-order valence-electron chi connectivity index (χ1n) is 7.32. The summed E-state index contributed by atoms with van der Waals surface area (Å²) in [5.41, 5.74) is 0. The molecule has 4 nitrogen and oxygen atoms in total. The Kier molecular flexibility index (Phi) is 3.32. The lowest BCUT2D eigenvalue weighted by Crippen LogP contribution is -2.56. The van der Waals surface area contributed by atoms with E-state index < -0.39 is 0 Å². The van der Waals surface area contributed by atoms with Crippen molar-refractivity contribution in [1.29, 1.82) is 0 Å². The molecule has 102 valence electrons. The molecule has 0 aromatic carbocycles. The Labute approximate surface area is 109 Å². The molecule has 0 aromatic rings. The quantitative estimate of drug-likeness (QED) is 0.757. The molecular formula is C14H24N2O2. The van der Waals surface area contributed by atoms with Crippen LogP contribution in [0, 0.1) is 11.8 Å². The number of nitrogens with one attached hydrogen (secondary N) is 1. The van der Waals surface area contributed by atoms with E-state index in [0.29, 0.717) is 18.4 Å². The fourth-order valence-corrected chi connectivity index (χ4v) is 3.85. The summed E-state index contributed by atoms with van der Waals surface area (Å²) in [6.07, 6.45) is 4.00. The van der Waals surface area contributed by atoms with Crippen molar-refractivity contribution >= 4 is 5.91 Å². The van der Waals surface area contributed by atoms with Gasteiger partial charge in [-0.05, 0) is 45.1 Å². The van der Waals surface area contributed by atoms with E-state index in [9.17, 15) is 4.79 Å². The zero-order valence-corrected chi connectivity index (χ0v) is 11.4. The zero-order valence-electron chi connectivity index (χ0n) is 11.4. The second kappa shape index (κ2) is 4.82. The van der Waals surface area contributed by atoms with Gasteiger partial charge in [0.2, 0.25) is 5.91 Å². The Balaban J connectivity index is 1.70. The topological polar surface area (TPSA) is 41.6 Å². The fourth-order valence-electron chi connectivity index (χ4n) is 3.85. The van der Waals surface area contributed by atoms with Gasteiger partial charge in [0, 0.05) is 6.54 Å². The Morgan fingerprint density at radius 1 is 1.33 bits per heavy atom. The van der Waals surface area contributed by atoms with Crippen LogP contribution in [0.15, 0.2) is 0 Å². The van der Waals surface area contributed by atoms with E-state index in [1.54, 1.807) is 0 Å². The van der Waals surface area contributed by atoms with Crippen LogP contribution in [0.5, 0.6) is 0 Å². The third-order valence-corrected chi connectivity index (χ3v) is 4.90. The molecule has 2 saturated heterocycles. The van der Waals surface area contributed by atoms with Crippen molar-refractivity contribution in [2.24, 2.45) is 11.8 Å². The van der Waals surface area contributed by atoms with Gasteiger partial charge in [0.05, 0.1) is 24.8 Å². The van der Waals surface area contributed by atoms with Gasteiger partial charge in [-0.25, -0.2) is 0 Å². The molecule has 1 amide bonds. The smallest absolute Gasteiger partial charge is 0.240 e. The summed E-state index contributed by atoms with van der Waals surface area (Å²) in [4.78, 5) is 14.7. The largest absolute Gasteiger partial charge is 0.375 e. The minimum atomic E-state index is 0.0743. The van der Waals surface area contributed by atoms with Crippen molar-refractivity contribution in [3.63, 3.8) is 0 Å². The number of amides is 1. The summed E-state index contributed by atoms with van der Waals surface area (Å²) >= 11 is 0. The summed E-state index contributed by atoms with van der Waals surface area (Å²) in [6, 6.07) is 0.293. The average Bonchev–Trinajstić information content (AvgIpc) is 2.93. The van der Waals surface area contributed by atoms with E-state index >= 15 is 0 Å². The summed E-state index contributed by atoms with van der Waals surface area (Å²) < 4.78 is 5.61. The molecule has 1 N–H and O–H groups in total. The van der Waals surface area contributed by atoms with E-state index in [0.717, 1.165) is 19.0 Å². The van der Waals surface area contributed by atoms with Crippen molar-refractivity contribution in [2.75, 3.05) is 19.7 Å². The number of rotatable bonds is 1. The van der Waals surface area contributed by atoms with E-state index in [1.807, 2.05) is 11.8 Å². The van der Waals surface area contributed by atoms with Crippen LogP contribution in [0.2, 0.25) is 0 Å². The van der Waals surface area contributed by atoms with Gasteiger partial charge in [0.15, 0.2) is 0 Å². The van der Waals surface area contributed by atoms with Gasteiger partial charge in [-0.2, -0.15) is 0 Å². The molecule has 5 unspecified atom stereocenters. The number of hydrogen-bond donors (Lipinski definition) is 1. The molecule has 0 radical (unpaired) electrons. The number of ether oxygens (including phenoxy) is 1. The summed E-state index contributed by atoms with van der Waals surface area (Å²) in [5, 5.41) is 3.46. The van der Waals surface area contributed by atoms with Crippen molar-refractivity contribution in [3.05, 3.63) is 0 Å². The minimum absolute atomic E-state index is 0.0743. The van der Waals surface area contributed by atoms with Gasteiger partial charge in [0.25, 0.3) is 0 Å². The highest BCUT2D eigenvalue weighted by molar-refractivity contribution is 5.83. The molecule has 18 heavy (non-hydrogen) atoms. The number of morpholine rings is 1. The van der Waals surface area contributed by atoms with Crippen LogP contribution in [-0.4, -0.2) is 48.7 Å². The lowest BCUT2D eigenvalue weighted by atomic mass is 9.93. The van der Waals surface area contributed by atoms with Gasteiger partial charge in [-0.15, -0.1) is 0 Å². The third kappa shape index (κ3) is 2.05. The first kappa shape index (κ1) is 12.4. The minimum Gasteiger partial charge on any atom is -0.375 e. The van der Waals surface area contributed by atoms with E-state index in [-0.39, 0.29) is 18.2 Å². The van der Waals surface area contributed by atoms with Gasteiger partial charge in [-0.1, -0.05) is 6.42 Å². The molecule has 3 fully saturated rings. The molecule has 2 heterocycles. The molecule has 0 aromatic heterocycles. The molecule has 4 heteroatoms.